The maximum absolute atomic E-state index is 13.2. The average molecular weight is 458 g/mol. The van der Waals surface area contributed by atoms with E-state index in [1.807, 2.05) is 13.8 Å². The minimum atomic E-state index is -0.424. The zero-order valence-corrected chi connectivity index (χ0v) is 19.9. The summed E-state index contributed by atoms with van der Waals surface area (Å²) in [5.41, 5.74) is 11.9. The Hall–Kier alpha value is -2.45. The van der Waals surface area contributed by atoms with Crippen LogP contribution in [0.2, 0.25) is 0 Å². The van der Waals surface area contributed by atoms with E-state index in [1.54, 1.807) is 6.92 Å². The molecule has 0 fully saturated rings. The normalized spacial score (nSPS) is 13.3. The Morgan fingerprint density at radius 1 is 1.13 bits per heavy atom. The number of fused-ring (bicyclic) bond motifs is 3. The van der Waals surface area contributed by atoms with Gasteiger partial charge in [0.05, 0.1) is 17.9 Å². The Bertz CT molecular complexity index is 1190. The predicted octanol–water partition coefficient (Wildman–Crippen LogP) is 5.43. The summed E-state index contributed by atoms with van der Waals surface area (Å²) < 4.78 is 5.19. The number of thiophene rings is 2. The summed E-state index contributed by atoms with van der Waals surface area (Å²) in [5.74, 6) is -0.734. The van der Waals surface area contributed by atoms with Crippen molar-refractivity contribution in [2.24, 2.45) is 0 Å². The van der Waals surface area contributed by atoms with E-state index in [9.17, 15) is 9.59 Å². The molecule has 31 heavy (non-hydrogen) atoms. The second kappa shape index (κ2) is 8.59. The quantitative estimate of drug-likeness (QED) is 0.498. The van der Waals surface area contributed by atoms with Crippen molar-refractivity contribution in [3.8, 4) is 0 Å². The lowest BCUT2D eigenvalue weighted by molar-refractivity contribution is 0.0527. The monoisotopic (exact) mass is 457 g/mol. The van der Waals surface area contributed by atoms with Crippen LogP contribution < -0.4 is 11.1 Å². The number of hydrogen-bond donors (Lipinski definition) is 2. The number of hydrogen-bond acceptors (Lipinski definition) is 7. The van der Waals surface area contributed by atoms with Gasteiger partial charge in [-0.25, -0.2) is 9.78 Å². The third-order valence-corrected chi connectivity index (χ3v) is 8.13. The van der Waals surface area contributed by atoms with Crippen molar-refractivity contribution in [3.63, 3.8) is 0 Å². The number of nitrogens with one attached hydrogen (secondary N) is 1. The number of ether oxygens (including phenoxy) is 1. The Labute approximate surface area is 189 Å². The summed E-state index contributed by atoms with van der Waals surface area (Å²) in [4.78, 5) is 32.8. The predicted molar refractivity (Wildman–Crippen MR) is 128 cm³/mol. The maximum atomic E-state index is 13.2. The van der Waals surface area contributed by atoms with Crippen LogP contribution in [-0.2, 0) is 24.0 Å². The lowest BCUT2D eigenvalue weighted by Crippen LogP contribution is -2.15. The largest absolute Gasteiger partial charge is 0.462 e. The lowest BCUT2D eigenvalue weighted by Gasteiger charge is -2.19. The fraction of sp³-hybridized carbons (Fsp3) is 0.435. The fourth-order valence-corrected chi connectivity index (χ4v) is 6.36. The molecule has 1 amide bonds. The number of carbonyl (C=O) groups excluding carboxylic acids is 2. The molecule has 8 heteroatoms. The van der Waals surface area contributed by atoms with Gasteiger partial charge in [-0.15, -0.1) is 22.7 Å². The summed E-state index contributed by atoms with van der Waals surface area (Å²) in [7, 11) is 0. The van der Waals surface area contributed by atoms with Crippen LogP contribution in [0.3, 0.4) is 0 Å². The van der Waals surface area contributed by atoms with Gasteiger partial charge in [-0.3, -0.25) is 4.79 Å². The van der Waals surface area contributed by atoms with Crippen LogP contribution in [0.1, 0.15) is 74.0 Å². The molecule has 0 bridgehead atoms. The summed E-state index contributed by atoms with van der Waals surface area (Å²) in [6.45, 7) is 7.95. The molecule has 1 aliphatic rings. The van der Waals surface area contributed by atoms with Crippen LogP contribution in [0.5, 0.6) is 0 Å². The Balaban J connectivity index is 1.75. The zero-order valence-electron chi connectivity index (χ0n) is 18.3. The van der Waals surface area contributed by atoms with Crippen molar-refractivity contribution in [1.29, 1.82) is 0 Å². The molecule has 3 heterocycles. The minimum absolute atomic E-state index is 0.278. The highest BCUT2D eigenvalue weighted by Gasteiger charge is 2.27. The van der Waals surface area contributed by atoms with Gasteiger partial charge in [0.2, 0.25) is 0 Å². The second-order valence-electron chi connectivity index (χ2n) is 7.76. The summed E-state index contributed by atoms with van der Waals surface area (Å²) in [6.07, 6.45) is 5.16. The molecule has 0 atom stereocenters. The molecule has 3 N–H and O–H groups in total. The first-order chi connectivity index (χ1) is 14.9. The molecule has 0 radical (unpaired) electrons. The molecule has 1 aliphatic carbocycles. The van der Waals surface area contributed by atoms with Gasteiger partial charge in [0.25, 0.3) is 5.91 Å². The van der Waals surface area contributed by atoms with Gasteiger partial charge in [0.15, 0.2) is 0 Å². The number of pyridine rings is 1. The zero-order chi connectivity index (χ0) is 22.3. The number of amides is 1. The molecule has 0 aliphatic heterocycles. The second-order valence-corrected chi connectivity index (χ2v) is 9.99. The molecule has 3 aromatic rings. The van der Waals surface area contributed by atoms with E-state index in [0.29, 0.717) is 21.1 Å². The molecular weight excluding hydrogens is 430 g/mol. The number of esters is 1. The smallest absolute Gasteiger partial charge is 0.341 e. The number of aromatic nitrogens is 1. The maximum Gasteiger partial charge on any atom is 0.341 e. The summed E-state index contributed by atoms with van der Waals surface area (Å²) >= 11 is 2.70. The van der Waals surface area contributed by atoms with Crippen molar-refractivity contribution in [2.75, 3.05) is 17.7 Å². The molecule has 0 saturated heterocycles. The molecule has 0 unspecified atom stereocenters. The van der Waals surface area contributed by atoms with Gasteiger partial charge in [-0.05, 0) is 69.6 Å². The van der Waals surface area contributed by atoms with E-state index in [2.05, 4.69) is 12.2 Å². The third kappa shape index (κ3) is 3.72. The van der Waals surface area contributed by atoms with Crippen molar-refractivity contribution in [3.05, 3.63) is 37.7 Å². The number of aryl methyl sites for hydroxylation is 3. The van der Waals surface area contributed by atoms with Gasteiger partial charge in [-0.2, -0.15) is 0 Å². The molecule has 4 rings (SSSR count). The highest BCUT2D eigenvalue weighted by molar-refractivity contribution is 7.21. The average Bonchev–Trinajstić information content (AvgIpc) is 3.23. The first-order valence-corrected chi connectivity index (χ1v) is 12.3. The van der Waals surface area contributed by atoms with Crippen LogP contribution >= 0.6 is 22.7 Å². The number of nitrogen functional groups attached to an aromatic ring is 1. The molecule has 0 aromatic carbocycles. The van der Waals surface area contributed by atoms with E-state index >= 15 is 0 Å². The number of carbonyl (C=O) groups is 2. The fourth-order valence-electron chi connectivity index (χ4n) is 4.28. The Morgan fingerprint density at radius 3 is 2.52 bits per heavy atom. The van der Waals surface area contributed by atoms with Crippen LogP contribution in [0.25, 0.3) is 10.2 Å². The van der Waals surface area contributed by atoms with E-state index in [4.69, 9.17) is 15.5 Å². The molecule has 6 nitrogen and oxygen atoms in total. The van der Waals surface area contributed by atoms with E-state index in [0.717, 1.165) is 58.5 Å². The van der Waals surface area contributed by atoms with Crippen LogP contribution in [0.15, 0.2) is 0 Å². The van der Waals surface area contributed by atoms with E-state index in [1.165, 1.54) is 33.8 Å². The number of anilines is 2. The SMILES string of the molecule is CCOC(=O)c1c(NC(=O)c2sc3nc(CC)c4c(c3c2N)CCCC4)sc(C)c1C. The van der Waals surface area contributed by atoms with Gasteiger partial charge in [-0.1, -0.05) is 6.92 Å². The van der Waals surface area contributed by atoms with E-state index in [-0.39, 0.29) is 12.5 Å². The highest BCUT2D eigenvalue weighted by atomic mass is 32.1. The molecule has 3 aromatic heterocycles. The summed E-state index contributed by atoms with van der Waals surface area (Å²) in [6, 6.07) is 0. The molecular formula is C23H27N3O3S2. The topological polar surface area (TPSA) is 94.3 Å². The van der Waals surface area contributed by atoms with Crippen LogP contribution in [0, 0.1) is 13.8 Å². The van der Waals surface area contributed by atoms with Crippen LogP contribution in [0.4, 0.5) is 10.7 Å². The summed E-state index contributed by atoms with van der Waals surface area (Å²) in [5, 5.41) is 4.36. The lowest BCUT2D eigenvalue weighted by atomic mass is 9.88. The number of nitrogens with zero attached hydrogens (tertiary/aromatic N) is 1. The third-order valence-electron chi connectivity index (χ3n) is 5.91. The first-order valence-electron chi connectivity index (χ1n) is 10.7. The first kappa shape index (κ1) is 21.8. The Kier molecular flexibility index (Phi) is 6.03. The van der Waals surface area contributed by atoms with Crippen molar-refractivity contribution in [2.45, 2.75) is 59.8 Å². The Morgan fingerprint density at radius 2 is 1.84 bits per heavy atom. The van der Waals surface area contributed by atoms with Crippen LogP contribution in [-0.4, -0.2) is 23.5 Å². The molecule has 0 saturated carbocycles. The van der Waals surface area contributed by atoms with Gasteiger partial charge >= 0.3 is 5.97 Å². The van der Waals surface area contributed by atoms with E-state index < -0.39 is 5.97 Å². The number of rotatable bonds is 5. The number of nitrogens with two attached hydrogens (primary N) is 1. The van der Waals surface area contributed by atoms with Gasteiger partial charge in [0.1, 0.15) is 14.7 Å². The molecule has 164 valence electrons. The van der Waals surface area contributed by atoms with Crippen molar-refractivity contribution < 1.29 is 14.3 Å². The van der Waals surface area contributed by atoms with Gasteiger partial charge in [0, 0.05) is 16.0 Å². The van der Waals surface area contributed by atoms with Crippen molar-refractivity contribution in [1.82, 2.24) is 4.98 Å². The van der Waals surface area contributed by atoms with Gasteiger partial charge < -0.3 is 15.8 Å². The standard InChI is InChI=1S/C23H27N3O3S2/c1-5-15-13-9-7-8-10-14(13)17-18(24)19(31-22(17)25-15)20(27)26-21-16(23(28)29-6-2)11(3)12(4)30-21/h5-10,24H2,1-4H3,(H,26,27). The molecule has 0 spiro atoms. The highest BCUT2D eigenvalue weighted by Crippen LogP contribution is 2.41. The van der Waals surface area contributed by atoms with Crippen molar-refractivity contribution >= 4 is 55.5 Å². The minimum Gasteiger partial charge on any atom is -0.462 e.